The molecular weight excluding hydrogens is 282 g/mol. The van der Waals surface area contributed by atoms with Gasteiger partial charge in [0.15, 0.2) is 0 Å². The first-order valence-electron chi connectivity index (χ1n) is 6.50. The minimum Gasteiger partial charge on any atom is -0.496 e. The van der Waals surface area contributed by atoms with Crippen molar-refractivity contribution in [3.63, 3.8) is 0 Å². The van der Waals surface area contributed by atoms with Crippen molar-refractivity contribution in [1.82, 2.24) is 5.32 Å². The molecule has 0 aromatic heterocycles. The van der Waals surface area contributed by atoms with E-state index in [4.69, 9.17) is 4.74 Å². The van der Waals surface area contributed by atoms with Gasteiger partial charge in [-0.25, -0.2) is 0 Å². The molecule has 0 fully saturated rings. The lowest BCUT2D eigenvalue weighted by atomic mass is 10.2. The predicted molar refractivity (Wildman–Crippen MR) is 87.3 cm³/mol. The molecule has 2 aromatic carbocycles. The Bertz CT molecular complexity index is 626. The quantitative estimate of drug-likeness (QED) is 0.881. The molecule has 0 aliphatic carbocycles. The molecule has 0 saturated carbocycles. The van der Waals surface area contributed by atoms with E-state index >= 15 is 0 Å². The van der Waals surface area contributed by atoms with E-state index in [1.165, 1.54) is 17.3 Å². The van der Waals surface area contributed by atoms with Crippen LogP contribution < -0.4 is 10.1 Å². The fourth-order valence-electron chi connectivity index (χ4n) is 1.81. The monoisotopic (exact) mass is 299 g/mol. The van der Waals surface area contributed by atoms with Gasteiger partial charge in [-0.3, -0.25) is 4.79 Å². The molecule has 4 heteroatoms. The van der Waals surface area contributed by atoms with Crippen LogP contribution in [0.5, 0.6) is 5.75 Å². The molecule has 1 amide bonds. The van der Waals surface area contributed by atoms with Crippen molar-refractivity contribution in [1.29, 1.82) is 0 Å². The van der Waals surface area contributed by atoms with Crippen molar-refractivity contribution in [2.45, 2.75) is 5.75 Å². The highest BCUT2D eigenvalue weighted by Crippen LogP contribution is 2.21. The Kier molecular flexibility index (Phi) is 5.46. The van der Waals surface area contributed by atoms with Crippen LogP contribution in [0.4, 0.5) is 0 Å². The van der Waals surface area contributed by atoms with Crippen molar-refractivity contribution < 1.29 is 9.53 Å². The fraction of sp³-hybridized carbons (Fsp3) is 0.118. The van der Waals surface area contributed by atoms with E-state index in [2.05, 4.69) is 11.9 Å². The Balaban J connectivity index is 1.92. The van der Waals surface area contributed by atoms with Crippen LogP contribution in [0.1, 0.15) is 15.9 Å². The predicted octanol–water partition coefficient (Wildman–Crippen LogP) is 3.83. The van der Waals surface area contributed by atoms with Crippen molar-refractivity contribution in [3.8, 4) is 5.75 Å². The molecule has 0 heterocycles. The Labute approximate surface area is 129 Å². The van der Waals surface area contributed by atoms with Crippen molar-refractivity contribution in [2.24, 2.45) is 0 Å². The number of rotatable bonds is 6. The molecule has 0 atom stereocenters. The molecule has 0 saturated heterocycles. The second-order valence-corrected chi connectivity index (χ2v) is 5.42. The van der Waals surface area contributed by atoms with Gasteiger partial charge in [0, 0.05) is 5.75 Å². The first-order valence-corrected chi connectivity index (χ1v) is 7.49. The van der Waals surface area contributed by atoms with Crippen LogP contribution in [-0.4, -0.2) is 13.0 Å². The van der Waals surface area contributed by atoms with E-state index in [0.29, 0.717) is 16.3 Å². The zero-order valence-electron chi connectivity index (χ0n) is 11.8. The summed E-state index contributed by atoms with van der Waals surface area (Å²) in [6.07, 6.45) is 0. The van der Waals surface area contributed by atoms with Crippen LogP contribution in [0.25, 0.3) is 0 Å². The molecule has 3 nitrogen and oxygen atoms in total. The smallest absolute Gasteiger partial charge is 0.259 e. The highest BCUT2D eigenvalue weighted by molar-refractivity contribution is 8.02. The molecule has 0 unspecified atom stereocenters. The summed E-state index contributed by atoms with van der Waals surface area (Å²) in [5, 5.41) is 3.41. The number of amides is 1. The van der Waals surface area contributed by atoms with Gasteiger partial charge in [-0.1, -0.05) is 49.0 Å². The standard InChI is InChI=1S/C17H17NO2S/c1-13(21-12-14-8-4-3-5-9-14)18-17(19)15-10-6-7-11-16(15)20-2/h3-11H,1,12H2,2H3,(H,18,19). The minimum atomic E-state index is -0.210. The Morgan fingerprint density at radius 3 is 2.52 bits per heavy atom. The summed E-state index contributed by atoms with van der Waals surface area (Å²) in [5.41, 5.74) is 1.69. The summed E-state index contributed by atoms with van der Waals surface area (Å²) in [4.78, 5) is 12.2. The SMILES string of the molecule is C=C(NC(=O)c1ccccc1OC)SCc1ccccc1. The molecule has 1 N–H and O–H groups in total. The maximum atomic E-state index is 12.2. The van der Waals surface area contributed by atoms with E-state index in [-0.39, 0.29) is 5.91 Å². The largest absolute Gasteiger partial charge is 0.496 e. The first-order chi connectivity index (χ1) is 10.2. The molecule has 108 valence electrons. The average Bonchev–Trinajstić information content (AvgIpc) is 2.53. The lowest BCUT2D eigenvalue weighted by Gasteiger charge is -2.10. The Hall–Kier alpha value is -2.20. The highest BCUT2D eigenvalue weighted by atomic mass is 32.2. The van der Waals surface area contributed by atoms with Gasteiger partial charge >= 0.3 is 0 Å². The van der Waals surface area contributed by atoms with Crippen LogP contribution in [0.2, 0.25) is 0 Å². The van der Waals surface area contributed by atoms with Gasteiger partial charge in [-0.05, 0) is 17.7 Å². The number of nitrogens with one attached hydrogen (secondary N) is 1. The highest BCUT2D eigenvalue weighted by Gasteiger charge is 2.12. The number of para-hydroxylation sites is 1. The second kappa shape index (κ2) is 7.55. The maximum Gasteiger partial charge on any atom is 0.259 e. The third-order valence-electron chi connectivity index (χ3n) is 2.86. The van der Waals surface area contributed by atoms with E-state index in [1.807, 2.05) is 36.4 Å². The van der Waals surface area contributed by atoms with Crippen molar-refractivity contribution in [3.05, 3.63) is 77.3 Å². The molecular formula is C17H17NO2S. The molecule has 0 radical (unpaired) electrons. The molecule has 21 heavy (non-hydrogen) atoms. The number of hydrogen-bond donors (Lipinski definition) is 1. The van der Waals surface area contributed by atoms with Gasteiger partial charge < -0.3 is 10.1 Å². The van der Waals surface area contributed by atoms with Crippen molar-refractivity contribution >= 4 is 17.7 Å². The molecule has 0 spiro atoms. The van der Waals surface area contributed by atoms with Crippen LogP contribution >= 0.6 is 11.8 Å². The van der Waals surface area contributed by atoms with Crippen LogP contribution in [0.15, 0.2) is 66.2 Å². The normalized spacial score (nSPS) is 9.95. The summed E-state index contributed by atoms with van der Waals surface area (Å²) in [6.45, 7) is 3.88. The van der Waals surface area contributed by atoms with Crippen molar-refractivity contribution in [2.75, 3.05) is 7.11 Å². The van der Waals surface area contributed by atoms with E-state index in [9.17, 15) is 4.79 Å². The number of benzene rings is 2. The summed E-state index contributed by atoms with van der Waals surface area (Å²) in [7, 11) is 1.55. The number of methoxy groups -OCH3 is 1. The maximum absolute atomic E-state index is 12.2. The van der Waals surface area contributed by atoms with Gasteiger partial charge in [0.25, 0.3) is 5.91 Å². The average molecular weight is 299 g/mol. The zero-order chi connectivity index (χ0) is 15.1. The lowest BCUT2D eigenvalue weighted by molar-refractivity contribution is 0.0966. The van der Waals surface area contributed by atoms with Gasteiger partial charge in [0.2, 0.25) is 0 Å². The Morgan fingerprint density at radius 1 is 1.14 bits per heavy atom. The third kappa shape index (κ3) is 4.39. The summed E-state index contributed by atoms with van der Waals surface area (Å²) in [6, 6.07) is 17.2. The fourth-order valence-corrected chi connectivity index (χ4v) is 2.51. The summed E-state index contributed by atoms with van der Waals surface area (Å²) in [5.74, 6) is 1.11. The number of ether oxygens (including phenoxy) is 1. The van der Waals surface area contributed by atoms with Gasteiger partial charge in [0.1, 0.15) is 5.75 Å². The topological polar surface area (TPSA) is 38.3 Å². The number of thioether (sulfide) groups is 1. The third-order valence-corrected chi connectivity index (χ3v) is 3.79. The summed E-state index contributed by atoms with van der Waals surface area (Å²) >= 11 is 1.50. The molecule has 0 aliphatic heterocycles. The molecule has 0 aliphatic rings. The van der Waals surface area contributed by atoms with E-state index in [0.717, 1.165) is 5.75 Å². The number of carbonyl (C=O) groups is 1. The summed E-state index contributed by atoms with van der Waals surface area (Å²) < 4.78 is 5.18. The van der Waals surface area contributed by atoms with Crippen LogP contribution in [0, 0.1) is 0 Å². The van der Waals surface area contributed by atoms with Gasteiger partial charge in [0.05, 0.1) is 17.7 Å². The van der Waals surface area contributed by atoms with Gasteiger partial charge in [-0.15, -0.1) is 11.8 Å². The lowest BCUT2D eigenvalue weighted by Crippen LogP contribution is -2.21. The van der Waals surface area contributed by atoms with E-state index < -0.39 is 0 Å². The zero-order valence-corrected chi connectivity index (χ0v) is 12.7. The molecule has 0 bridgehead atoms. The minimum absolute atomic E-state index is 0.210. The molecule has 2 rings (SSSR count). The Morgan fingerprint density at radius 2 is 1.81 bits per heavy atom. The first kappa shape index (κ1) is 15.2. The van der Waals surface area contributed by atoms with Crippen LogP contribution in [-0.2, 0) is 5.75 Å². The van der Waals surface area contributed by atoms with E-state index in [1.54, 1.807) is 25.3 Å². The van der Waals surface area contributed by atoms with Crippen LogP contribution in [0.3, 0.4) is 0 Å². The number of carbonyl (C=O) groups excluding carboxylic acids is 1. The van der Waals surface area contributed by atoms with Gasteiger partial charge in [-0.2, -0.15) is 0 Å². The number of hydrogen-bond acceptors (Lipinski definition) is 3. The molecule has 2 aromatic rings. The second-order valence-electron chi connectivity index (χ2n) is 4.35.